The molecule has 2 aromatic rings. The van der Waals surface area contributed by atoms with E-state index in [1.807, 2.05) is 5.38 Å². The highest BCUT2D eigenvalue weighted by Gasteiger charge is 2.32. The van der Waals surface area contributed by atoms with Gasteiger partial charge in [-0.1, -0.05) is 6.07 Å². The van der Waals surface area contributed by atoms with Gasteiger partial charge in [-0.25, -0.2) is 22.7 Å². The summed E-state index contributed by atoms with van der Waals surface area (Å²) in [6.45, 7) is 1.32. The standard InChI is InChI=1S/C20H22N2O7S2/c1-3-28-20(25)17-15(12-7-8-12)11-30-18(17)22-16(23)10-29-19(24)13-5-4-6-14(9-13)31(26,27)21-2/h4-6,9,11-12,21H,3,7-8,10H2,1-2H3,(H,22,23). The van der Waals surface area contributed by atoms with Crippen molar-refractivity contribution in [1.82, 2.24) is 4.72 Å². The SMILES string of the molecule is CCOC(=O)c1c(C2CC2)csc1NC(=O)COC(=O)c1cccc(S(=O)(=O)NC)c1. The number of benzene rings is 1. The molecule has 1 aromatic carbocycles. The summed E-state index contributed by atoms with van der Waals surface area (Å²) < 4.78 is 36.0. The molecule has 31 heavy (non-hydrogen) atoms. The molecule has 0 unspecified atom stereocenters. The van der Waals surface area contributed by atoms with Crippen LogP contribution in [0, 0.1) is 0 Å². The molecule has 0 aliphatic heterocycles. The minimum absolute atomic E-state index is 0.0107. The van der Waals surface area contributed by atoms with Crippen molar-refractivity contribution in [2.75, 3.05) is 25.6 Å². The molecule has 11 heteroatoms. The van der Waals surface area contributed by atoms with E-state index in [9.17, 15) is 22.8 Å². The van der Waals surface area contributed by atoms with Crippen LogP contribution >= 0.6 is 11.3 Å². The lowest BCUT2D eigenvalue weighted by Crippen LogP contribution is -2.22. The number of carbonyl (C=O) groups is 3. The first-order valence-electron chi connectivity index (χ1n) is 9.56. The van der Waals surface area contributed by atoms with Crippen LogP contribution in [0.5, 0.6) is 0 Å². The van der Waals surface area contributed by atoms with Crippen molar-refractivity contribution in [3.05, 3.63) is 46.3 Å². The summed E-state index contributed by atoms with van der Waals surface area (Å²) in [4.78, 5) is 36.8. The molecule has 0 radical (unpaired) electrons. The normalized spacial score (nSPS) is 13.5. The van der Waals surface area contributed by atoms with Crippen LogP contribution in [0.2, 0.25) is 0 Å². The first-order chi connectivity index (χ1) is 14.8. The van der Waals surface area contributed by atoms with Gasteiger partial charge >= 0.3 is 11.9 Å². The summed E-state index contributed by atoms with van der Waals surface area (Å²) in [7, 11) is -2.46. The zero-order chi connectivity index (χ0) is 22.6. The fourth-order valence-corrected chi connectivity index (χ4v) is 4.68. The highest BCUT2D eigenvalue weighted by Crippen LogP contribution is 2.46. The summed E-state index contributed by atoms with van der Waals surface area (Å²) in [6, 6.07) is 5.28. The van der Waals surface area contributed by atoms with Crippen molar-refractivity contribution >= 4 is 44.2 Å². The molecule has 1 amide bonds. The number of carbonyl (C=O) groups excluding carboxylic acids is 3. The molecule has 0 bridgehead atoms. The molecule has 1 saturated carbocycles. The molecule has 1 fully saturated rings. The van der Waals surface area contributed by atoms with E-state index in [4.69, 9.17) is 9.47 Å². The van der Waals surface area contributed by atoms with E-state index in [0.29, 0.717) is 16.5 Å². The van der Waals surface area contributed by atoms with Gasteiger partial charge < -0.3 is 14.8 Å². The second-order valence-electron chi connectivity index (χ2n) is 6.75. The number of anilines is 1. The molecule has 1 aliphatic rings. The van der Waals surface area contributed by atoms with Gasteiger partial charge in [0.1, 0.15) is 5.00 Å². The minimum Gasteiger partial charge on any atom is -0.462 e. The number of amides is 1. The van der Waals surface area contributed by atoms with Gasteiger partial charge in [-0.2, -0.15) is 0 Å². The molecule has 166 valence electrons. The molecule has 1 aromatic heterocycles. The largest absolute Gasteiger partial charge is 0.462 e. The second-order valence-corrected chi connectivity index (χ2v) is 9.52. The lowest BCUT2D eigenvalue weighted by molar-refractivity contribution is -0.119. The van der Waals surface area contributed by atoms with Gasteiger partial charge in [0.15, 0.2) is 6.61 Å². The van der Waals surface area contributed by atoms with E-state index >= 15 is 0 Å². The third-order valence-electron chi connectivity index (χ3n) is 4.55. The summed E-state index contributed by atoms with van der Waals surface area (Å²) in [6.07, 6.45) is 1.97. The lowest BCUT2D eigenvalue weighted by atomic mass is 10.1. The Morgan fingerprint density at radius 3 is 2.55 bits per heavy atom. The van der Waals surface area contributed by atoms with E-state index in [2.05, 4.69) is 10.0 Å². The Hall–Kier alpha value is -2.76. The Labute approximate surface area is 183 Å². The quantitative estimate of drug-likeness (QED) is 0.544. The van der Waals surface area contributed by atoms with Crippen LogP contribution < -0.4 is 10.0 Å². The smallest absolute Gasteiger partial charge is 0.341 e. The van der Waals surface area contributed by atoms with Gasteiger partial charge in [0.25, 0.3) is 5.91 Å². The Bertz CT molecular complexity index is 1100. The monoisotopic (exact) mass is 466 g/mol. The number of sulfonamides is 1. The van der Waals surface area contributed by atoms with Crippen molar-refractivity contribution in [1.29, 1.82) is 0 Å². The molecule has 9 nitrogen and oxygen atoms in total. The van der Waals surface area contributed by atoms with Gasteiger partial charge in [-0.05, 0) is 61.9 Å². The van der Waals surface area contributed by atoms with E-state index in [0.717, 1.165) is 24.5 Å². The van der Waals surface area contributed by atoms with E-state index in [1.54, 1.807) is 6.92 Å². The fourth-order valence-electron chi connectivity index (χ4n) is 2.86. The predicted octanol–water partition coefficient (Wildman–Crippen LogP) is 2.51. The highest BCUT2D eigenvalue weighted by molar-refractivity contribution is 7.89. The summed E-state index contributed by atoms with van der Waals surface area (Å²) in [5, 5.41) is 4.78. The van der Waals surface area contributed by atoms with E-state index in [1.165, 1.54) is 36.6 Å². The van der Waals surface area contributed by atoms with Gasteiger partial charge in [0.05, 0.1) is 22.6 Å². The molecule has 0 spiro atoms. The van der Waals surface area contributed by atoms with Gasteiger partial charge in [0.2, 0.25) is 10.0 Å². The molecular formula is C20H22N2O7S2. The lowest BCUT2D eigenvalue weighted by Gasteiger charge is -2.09. The molecule has 0 atom stereocenters. The zero-order valence-electron chi connectivity index (χ0n) is 17.0. The number of rotatable bonds is 9. The van der Waals surface area contributed by atoms with Crippen LogP contribution in [0.3, 0.4) is 0 Å². The first-order valence-corrected chi connectivity index (χ1v) is 11.9. The molecule has 3 rings (SSSR count). The van der Waals surface area contributed by atoms with Crippen molar-refractivity contribution in [2.45, 2.75) is 30.6 Å². The first kappa shape index (κ1) is 22.9. The predicted molar refractivity (Wildman–Crippen MR) is 114 cm³/mol. The van der Waals surface area contributed by atoms with Crippen LogP contribution in [-0.2, 0) is 24.3 Å². The van der Waals surface area contributed by atoms with Crippen molar-refractivity contribution in [3.8, 4) is 0 Å². The molecule has 1 heterocycles. The maximum absolute atomic E-state index is 12.3. The fraction of sp³-hybridized carbons (Fsp3) is 0.350. The van der Waals surface area contributed by atoms with Gasteiger partial charge in [-0.3, -0.25) is 4.79 Å². The number of hydrogen-bond acceptors (Lipinski definition) is 8. The Morgan fingerprint density at radius 1 is 1.16 bits per heavy atom. The third-order valence-corrected chi connectivity index (χ3v) is 6.88. The van der Waals surface area contributed by atoms with Crippen LogP contribution in [0.25, 0.3) is 0 Å². The summed E-state index contributed by atoms with van der Waals surface area (Å²) >= 11 is 1.22. The van der Waals surface area contributed by atoms with Crippen LogP contribution in [0.1, 0.15) is 52.0 Å². The van der Waals surface area contributed by atoms with Crippen LogP contribution in [0.15, 0.2) is 34.5 Å². The van der Waals surface area contributed by atoms with Gasteiger partial charge in [-0.15, -0.1) is 11.3 Å². The third kappa shape index (κ3) is 5.49. The molecule has 2 N–H and O–H groups in total. The minimum atomic E-state index is -3.72. The van der Waals surface area contributed by atoms with Gasteiger partial charge in [0, 0.05) is 0 Å². The van der Waals surface area contributed by atoms with Crippen LogP contribution in [-0.4, -0.2) is 46.5 Å². The number of ether oxygens (including phenoxy) is 2. The van der Waals surface area contributed by atoms with E-state index in [-0.39, 0.29) is 17.1 Å². The van der Waals surface area contributed by atoms with E-state index < -0.39 is 34.5 Å². The number of nitrogens with one attached hydrogen (secondary N) is 2. The zero-order valence-corrected chi connectivity index (χ0v) is 18.6. The summed E-state index contributed by atoms with van der Waals surface area (Å²) in [5.74, 6) is -1.68. The second kappa shape index (κ2) is 9.58. The average molecular weight is 467 g/mol. The van der Waals surface area contributed by atoms with Crippen molar-refractivity contribution < 1.29 is 32.3 Å². The highest BCUT2D eigenvalue weighted by atomic mass is 32.2. The average Bonchev–Trinajstić information content (AvgIpc) is 3.52. The van der Waals surface area contributed by atoms with Crippen molar-refractivity contribution in [2.24, 2.45) is 0 Å². The van der Waals surface area contributed by atoms with Crippen LogP contribution in [0.4, 0.5) is 5.00 Å². The summed E-state index contributed by atoms with van der Waals surface area (Å²) in [5.41, 5.74) is 1.20. The molecule has 1 aliphatic carbocycles. The molecular weight excluding hydrogens is 444 g/mol. The number of hydrogen-bond donors (Lipinski definition) is 2. The Morgan fingerprint density at radius 2 is 1.90 bits per heavy atom. The molecule has 0 saturated heterocycles. The Balaban J connectivity index is 1.65. The maximum Gasteiger partial charge on any atom is 0.341 e. The maximum atomic E-state index is 12.3. The number of thiophene rings is 1. The topological polar surface area (TPSA) is 128 Å². The van der Waals surface area contributed by atoms with Crippen molar-refractivity contribution in [3.63, 3.8) is 0 Å². The number of esters is 2. The Kier molecular flexibility index (Phi) is 7.08.